The normalized spacial score (nSPS) is 23.1. The molecule has 1 aromatic heterocycles. The average Bonchev–Trinajstić information content (AvgIpc) is 3.22. The van der Waals surface area contributed by atoms with E-state index in [-0.39, 0.29) is 11.2 Å². The minimum Gasteiger partial charge on any atom is -0.342 e. The highest BCUT2D eigenvalue weighted by molar-refractivity contribution is 5.40. The van der Waals surface area contributed by atoms with Crippen molar-refractivity contribution in [1.82, 2.24) is 15.3 Å². The SMILES string of the molecule is CNC1CCN(c2ncc(C3(Cc4ccc(F)cc4)C=CC=CC3)[nH]2)CC1. The van der Waals surface area contributed by atoms with Crippen LogP contribution in [-0.2, 0) is 11.8 Å². The molecule has 0 spiro atoms. The van der Waals surface area contributed by atoms with Gasteiger partial charge < -0.3 is 15.2 Å². The van der Waals surface area contributed by atoms with Crippen LogP contribution < -0.4 is 10.2 Å². The summed E-state index contributed by atoms with van der Waals surface area (Å²) in [6.07, 6.45) is 14.6. The maximum Gasteiger partial charge on any atom is 0.202 e. The molecule has 2 aromatic rings. The fourth-order valence-corrected chi connectivity index (χ4v) is 4.16. The van der Waals surface area contributed by atoms with E-state index in [2.05, 4.69) is 39.5 Å². The molecule has 4 nitrogen and oxygen atoms in total. The highest BCUT2D eigenvalue weighted by Crippen LogP contribution is 2.36. The zero-order valence-electron chi connectivity index (χ0n) is 15.8. The molecule has 0 bridgehead atoms. The van der Waals surface area contributed by atoms with Crippen LogP contribution in [0.25, 0.3) is 0 Å². The summed E-state index contributed by atoms with van der Waals surface area (Å²) in [5.41, 5.74) is 2.08. The van der Waals surface area contributed by atoms with Crippen LogP contribution in [0, 0.1) is 5.82 Å². The third-order valence-electron chi connectivity index (χ3n) is 5.88. The summed E-state index contributed by atoms with van der Waals surface area (Å²) in [5, 5.41) is 3.37. The zero-order valence-corrected chi connectivity index (χ0v) is 15.8. The number of nitrogens with one attached hydrogen (secondary N) is 2. The van der Waals surface area contributed by atoms with Crippen molar-refractivity contribution in [2.75, 3.05) is 25.0 Å². The van der Waals surface area contributed by atoms with Crippen molar-refractivity contribution in [3.8, 4) is 0 Å². The third kappa shape index (κ3) is 3.83. The van der Waals surface area contributed by atoms with Crippen LogP contribution in [0.1, 0.15) is 30.5 Å². The van der Waals surface area contributed by atoms with E-state index in [9.17, 15) is 4.39 Å². The van der Waals surface area contributed by atoms with Gasteiger partial charge >= 0.3 is 0 Å². The lowest BCUT2D eigenvalue weighted by atomic mass is 9.74. The molecule has 2 aliphatic rings. The topological polar surface area (TPSA) is 44.0 Å². The van der Waals surface area contributed by atoms with Gasteiger partial charge in [0.2, 0.25) is 5.95 Å². The Labute approximate surface area is 160 Å². The van der Waals surface area contributed by atoms with Crippen molar-refractivity contribution in [3.05, 3.63) is 71.8 Å². The van der Waals surface area contributed by atoms with Gasteiger partial charge in [-0.25, -0.2) is 9.37 Å². The molecule has 4 rings (SSSR count). The summed E-state index contributed by atoms with van der Waals surface area (Å²) >= 11 is 0. The van der Waals surface area contributed by atoms with Crippen LogP contribution >= 0.6 is 0 Å². The monoisotopic (exact) mass is 366 g/mol. The van der Waals surface area contributed by atoms with Crippen LogP contribution in [0.5, 0.6) is 0 Å². The average molecular weight is 366 g/mol. The summed E-state index contributed by atoms with van der Waals surface area (Å²) in [5.74, 6) is 0.765. The van der Waals surface area contributed by atoms with E-state index < -0.39 is 0 Å². The first-order valence-corrected chi connectivity index (χ1v) is 9.75. The number of anilines is 1. The number of halogens is 1. The van der Waals surface area contributed by atoms with E-state index in [0.29, 0.717) is 6.04 Å². The number of hydrogen-bond acceptors (Lipinski definition) is 3. The molecule has 0 amide bonds. The van der Waals surface area contributed by atoms with Crippen LogP contribution in [0.4, 0.5) is 10.3 Å². The van der Waals surface area contributed by atoms with Gasteiger partial charge in [-0.2, -0.15) is 0 Å². The van der Waals surface area contributed by atoms with Gasteiger partial charge in [-0.05, 0) is 50.4 Å². The fourth-order valence-electron chi connectivity index (χ4n) is 4.16. The van der Waals surface area contributed by atoms with E-state index >= 15 is 0 Å². The Balaban J connectivity index is 1.56. The number of aromatic nitrogens is 2. The molecule has 1 saturated heterocycles. The molecule has 1 fully saturated rings. The smallest absolute Gasteiger partial charge is 0.202 e. The number of nitrogens with zero attached hydrogens (tertiary/aromatic N) is 2. The Morgan fingerprint density at radius 1 is 1.22 bits per heavy atom. The van der Waals surface area contributed by atoms with Crippen molar-refractivity contribution in [2.45, 2.75) is 37.1 Å². The van der Waals surface area contributed by atoms with Gasteiger partial charge in [0, 0.05) is 30.2 Å². The zero-order chi connectivity index (χ0) is 18.7. The van der Waals surface area contributed by atoms with Gasteiger partial charge in [0.15, 0.2) is 0 Å². The predicted molar refractivity (Wildman–Crippen MR) is 108 cm³/mol. The van der Waals surface area contributed by atoms with Gasteiger partial charge in [0.25, 0.3) is 0 Å². The second-order valence-electron chi connectivity index (χ2n) is 7.62. The van der Waals surface area contributed by atoms with Crippen LogP contribution in [0.3, 0.4) is 0 Å². The minimum atomic E-state index is -0.194. The van der Waals surface area contributed by atoms with Gasteiger partial charge in [0.05, 0.1) is 6.20 Å². The largest absolute Gasteiger partial charge is 0.342 e. The molecule has 1 aliphatic carbocycles. The van der Waals surface area contributed by atoms with Gasteiger partial charge in [-0.3, -0.25) is 0 Å². The predicted octanol–water partition coefficient (Wildman–Crippen LogP) is 3.73. The van der Waals surface area contributed by atoms with Crippen molar-refractivity contribution >= 4 is 5.95 Å². The van der Waals surface area contributed by atoms with Crippen LogP contribution in [0.2, 0.25) is 0 Å². The van der Waals surface area contributed by atoms with E-state index in [4.69, 9.17) is 4.98 Å². The number of imidazole rings is 1. The Morgan fingerprint density at radius 2 is 2.00 bits per heavy atom. The first-order chi connectivity index (χ1) is 13.2. The minimum absolute atomic E-state index is 0.166. The second-order valence-corrected chi connectivity index (χ2v) is 7.62. The van der Waals surface area contributed by atoms with Crippen molar-refractivity contribution in [2.24, 2.45) is 0 Å². The standard InChI is InChI=1S/C22H27FN4/c1-24-19-9-13-27(14-10-19)21-25-16-20(26-21)22(11-3-2-4-12-22)15-17-5-7-18(23)8-6-17/h2-8,11,16,19,24H,9-10,12-15H2,1H3,(H,25,26). The van der Waals surface area contributed by atoms with E-state index in [1.165, 1.54) is 12.1 Å². The van der Waals surface area contributed by atoms with Gasteiger partial charge in [0.1, 0.15) is 5.82 Å². The summed E-state index contributed by atoms with van der Waals surface area (Å²) in [4.78, 5) is 10.6. The van der Waals surface area contributed by atoms with Gasteiger partial charge in [-0.1, -0.05) is 36.4 Å². The lowest BCUT2D eigenvalue weighted by molar-refractivity contribution is 0.439. The Hall–Kier alpha value is -2.40. The molecule has 0 radical (unpaired) electrons. The molecule has 2 N–H and O–H groups in total. The van der Waals surface area contributed by atoms with Crippen molar-refractivity contribution in [1.29, 1.82) is 0 Å². The molecule has 1 aliphatic heterocycles. The maximum absolute atomic E-state index is 13.3. The molecule has 2 heterocycles. The summed E-state index contributed by atoms with van der Waals surface area (Å²) in [6.45, 7) is 2.03. The number of H-pyrrole nitrogens is 1. The molecule has 1 aromatic carbocycles. The van der Waals surface area contributed by atoms with Crippen molar-refractivity contribution in [3.63, 3.8) is 0 Å². The molecule has 1 atom stereocenters. The highest BCUT2D eigenvalue weighted by Gasteiger charge is 2.32. The number of rotatable bonds is 5. The molecule has 142 valence electrons. The van der Waals surface area contributed by atoms with Gasteiger partial charge in [-0.15, -0.1) is 0 Å². The fraction of sp³-hybridized carbons (Fsp3) is 0.409. The van der Waals surface area contributed by atoms with Crippen molar-refractivity contribution < 1.29 is 4.39 Å². The second kappa shape index (κ2) is 7.69. The highest BCUT2D eigenvalue weighted by atomic mass is 19.1. The van der Waals surface area contributed by atoms with E-state index in [1.807, 2.05) is 25.4 Å². The molecule has 27 heavy (non-hydrogen) atoms. The van der Waals surface area contributed by atoms with E-state index in [1.54, 1.807) is 0 Å². The summed E-state index contributed by atoms with van der Waals surface area (Å²) in [6, 6.07) is 7.43. The number of allylic oxidation sites excluding steroid dienone is 4. The third-order valence-corrected chi connectivity index (χ3v) is 5.88. The summed E-state index contributed by atoms with van der Waals surface area (Å²) in [7, 11) is 2.04. The molecular weight excluding hydrogens is 339 g/mol. The first-order valence-electron chi connectivity index (χ1n) is 9.75. The first kappa shape index (κ1) is 18.0. The Bertz CT molecular complexity index is 815. The Kier molecular flexibility index (Phi) is 5.12. The molecule has 1 unspecified atom stereocenters. The number of piperidine rings is 1. The van der Waals surface area contributed by atoms with E-state index in [0.717, 1.165) is 56.0 Å². The lowest BCUT2D eigenvalue weighted by Gasteiger charge is -2.32. The molecule has 0 saturated carbocycles. The Morgan fingerprint density at radius 3 is 2.67 bits per heavy atom. The maximum atomic E-state index is 13.3. The lowest BCUT2D eigenvalue weighted by Crippen LogP contribution is -2.41. The number of aromatic amines is 1. The quantitative estimate of drug-likeness (QED) is 0.847. The molecular formula is C22H27FN4. The molecule has 5 heteroatoms. The number of hydrogen-bond donors (Lipinski definition) is 2. The van der Waals surface area contributed by atoms with Crippen LogP contribution in [0.15, 0.2) is 54.8 Å². The number of benzene rings is 1. The summed E-state index contributed by atoms with van der Waals surface area (Å²) < 4.78 is 13.3. The van der Waals surface area contributed by atoms with Crippen LogP contribution in [-0.4, -0.2) is 36.1 Å².